The van der Waals surface area contributed by atoms with Gasteiger partial charge in [-0.2, -0.15) is 0 Å². The smallest absolute Gasteiger partial charge is 0.276 e. The fourth-order valence-electron chi connectivity index (χ4n) is 1.03. The molecule has 1 atom stereocenters. The predicted molar refractivity (Wildman–Crippen MR) is 65.9 cm³/mol. The van der Waals surface area contributed by atoms with E-state index in [-0.39, 0.29) is 0 Å². The summed E-state index contributed by atoms with van der Waals surface area (Å²) in [5.74, 6) is 0. The SMILES string of the molecule is CCN(CC)P(=O)(Br)N(C)CCBr. The minimum absolute atomic E-state index is 0.777. The van der Waals surface area contributed by atoms with Crippen molar-refractivity contribution < 1.29 is 4.57 Å². The maximum Gasteiger partial charge on any atom is 0.279 e. The van der Waals surface area contributed by atoms with Gasteiger partial charge in [0.25, 0.3) is 6.15 Å². The molecular formula is C7H17Br2N2OP. The summed E-state index contributed by atoms with van der Waals surface area (Å²) >= 11 is 6.66. The van der Waals surface area contributed by atoms with E-state index < -0.39 is 6.15 Å². The fourth-order valence-corrected chi connectivity index (χ4v) is 5.14. The van der Waals surface area contributed by atoms with Crippen LogP contribution >= 0.6 is 37.6 Å². The van der Waals surface area contributed by atoms with E-state index in [0.29, 0.717) is 0 Å². The Labute approximate surface area is 97.2 Å². The maximum atomic E-state index is 12.2. The average molecular weight is 336 g/mol. The molecule has 0 fully saturated rings. The van der Waals surface area contributed by atoms with Crippen LogP contribution in [0.3, 0.4) is 0 Å². The molecule has 0 heterocycles. The zero-order chi connectivity index (χ0) is 10.5. The molecule has 0 saturated heterocycles. The molecule has 0 rings (SSSR count). The Hall–Kier alpha value is 1.11. The number of rotatable bonds is 6. The third-order valence-electron chi connectivity index (χ3n) is 1.91. The highest BCUT2D eigenvalue weighted by atomic mass is 79.9. The summed E-state index contributed by atoms with van der Waals surface area (Å²) in [6, 6.07) is 0. The largest absolute Gasteiger partial charge is 0.279 e. The van der Waals surface area contributed by atoms with Crippen molar-refractivity contribution in [3.05, 3.63) is 0 Å². The summed E-state index contributed by atoms with van der Waals surface area (Å²) in [6.45, 7) is 6.40. The standard InChI is InChI=1S/C7H17Br2N2OP/c1-4-11(5-2)13(9,12)10(3)7-6-8/h4-7H2,1-3H3. The van der Waals surface area contributed by atoms with Gasteiger partial charge in [-0.1, -0.05) is 29.8 Å². The number of hydrogen-bond acceptors (Lipinski definition) is 1. The van der Waals surface area contributed by atoms with Crippen LogP contribution in [0, 0.1) is 0 Å². The minimum Gasteiger partial charge on any atom is -0.276 e. The maximum absolute atomic E-state index is 12.2. The molecule has 0 aromatic carbocycles. The van der Waals surface area contributed by atoms with Crippen molar-refractivity contribution in [3.63, 3.8) is 0 Å². The molecule has 80 valence electrons. The molecule has 6 heteroatoms. The number of nitrogens with zero attached hydrogens (tertiary/aromatic N) is 2. The summed E-state index contributed by atoms with van der Waals surface area (Å²) in [4.78, 5) is 0. The lowest BCUT2D eigenvalue weighted by atomic mass is 10.7. The van der Waals surface area contributed by atoms with E-state index in [0.717, 1.165) is 25.0 Å². The van der Waals surface area contributed by atoms with Gasteiger partial charge in [-0.25, -0.2) is 9.34 Å². The first-order chi connectivity index (χ1) is 6.00. The van der Waals surface area contributed by atoms with Crippen LogP contribution in [0.1, 0.15) is 13.8 Å². The third-order valence-corrected chi connectivity index (χ3v) is 7.54. The van der Waals surface area contributed by atoms with Crippen molar-refractivity contribution in [2.75, 3.05) is 32.0 Å². The summed E-state index contributed by atoms with van der Waals surface area (Å²) in [6.07, 6.45) is -2.46. The average Bonchev–Trinajstić information content (AvgIpc) is 2.06. The zero-order valence-electron chi connectivity index (χ0n) is 8.33. The topological polar surface area (TPSA) is 23.6 Å². The summed E-state index contributed by atoms with van der Waals surface area (Å²) in [5, 5.41) is 0.834. The Morgan fingerprint density at radius 1 is 1.31 bits per heavy atom. The first-order valence-electron chi connectivity index (χ1n) is 4.33. The Kier molecular flexibility index (Phi) is 7.13. The molecule has 0 aliphatic heterocycles. The van der Waals surface area contributed by atoms with Crippen LogP contribution in [-0.2, 0) is 4.57 Å². The molecule has 0 aromatic heterocycles. The van der Waals surface area contributed by atoms with Gasteiger partial charge in [0.2, 0.25) is 0 Å². The van der Waals surface area contributed by atoms with Crippen molar-refractivity contribution in [1.82, 2.24) is 9.34 Å². The van der Waals surface area contributed by atoms with Crippen LogP contribution in [0.25, 0.3) is 0 Å². The molecule has 0 bridgehead atoms. The van der Waals surface area contributed by atoms with Crippen molar-refractivity contribution in [3.8, 4) is 0 Å². The molecule has 0 aliphatic rings. The molecule has 0 amide bonds. The molecule has 13 heavy (non-hydrogen) atoms. The van der Waals surface area contributed by atoms with Gasteiger partial charge >= 0.3 is 0 Å². The van der Waals surface area contributed by atoms with Crippen molar-refractivity contribution >= 4 is 37.6 Å². The molecule has 3 nitrogen and oxygen atoms in total. The van der Waals surface area contributed by atoms with Crippen LogP contribution in [-0.4, -0.2) is 41.4 Å². The van der Waals surface area contributed by atoms with E-state index in [2.05, 4.69) is 31.4 Å². The van der Waals surface area contributed by atoms with Gasteiger partial charge in [0.15, 0.2) is 0 Å². The van der Waals surface area contributed by atoms with Crippen LogP contribution in [0.4, 0.5) is 0 Å². The van der Waals surface area contributed by atoms with Gasteiger partial charge < -0.3 is 0 Å². The molecular weight excluding hydrogens is 319 g/mol. The summed E-state index contributed by atoms with van der Waals surface area (Å²) in [5.41, 5.74) is 0. The van der Waals surface area contributed by atoms with E-state index in [1.165, 1.54) is 0 Å². The van der Waals surface area contributed by atoms with Crippen LogP contribution < -0.4 is 0 Å². The highest BCUT2D eigenvalue weighted by Gasteiger charge is 2.29. The van der Waals surface area contributed by atoms with Gasteiger partial charge in [-0.3, -0.25) is 4.57 Å². The first-order valence-corrected chi connectivity index (χ1v) is 9.08. The Morgan fingerprint density at radius 3 is 2.08 bits per heavy atom. The zero-order valence-corrected chi connectivity index (χ0v) is 12.4. The quantitative estimate of drug-likeness (QED) is 0.550. The highest BCUT2D eigenvalue weighted by Crippen LogP contribution is 2.59. The van der Waals surface area contributed by atoms with E-state index in [9.17, 15) is 4.57 Å². The van der Waals surface area contributed by atoms with Crippen molar-refractivity contribution in [2.45, 2.75) is 13.8 Å². The Balaban J connectivity index is 4.42. The minimum atomic E-state index is -2.46. The number of alkyl halides is 1. The number of hydrogen-bond donors (Lipinski definition) is 0. The van der Waals surface area contributed by atoms with Crippen molar-refractivity contribution in [1.29, 1.82) is 0 Å². The lowest BCUT2D eigenvalue weighted by Crippen LogP contribution is -2.27. The molecule has 1 unspecified atom stereocenters. The molecule has 0 radical (unpaired) electrons. The van der Waals surface area contributed by atoms with Gasteiger partial charge in [0, 0.05) is 40.5 Å². The van der Waals surface area contributed by atoms with Gasteiger partial charge in [0.1, 0.15) is 0 Å². The van der Waals surface area contributed by atoms with Crippen molar-refractivity contribution in [2.24, 2.45) is 0 Å². The number of halogens is 2. The monoisotopic (exact) mass is 334 g/mol. The van der Waals surface area contributed by atoms with E-state index >= 15 is 0 Å². The highest BCUT2D eigenvalue weighted by molar-refractivity contribution is 9.39. The molecule has 0 N–H and O–H groups in total. The second-order valence-electron chi connectivity index (χ2n) is 2.68. The molecule has 0 aliphatic carbocycles. The summed E-state index contributed by atoms with van der Waals surface area (Å²) < 4.78 is 16.0. The Bertz CT molecular complexity index is 187. The second kappa shape index (κ2) is 6.57. The van der Waals surface area contributed by atoms with Crippen LogP contribution in [0.2, 0.25) is 0 Å². The predicted octanol–water partition coefficient (Wildman–Crippen LogP) is 3.16. The normalized spacial score (nSPS) is 16.5. The van der Waals surface area contributed by atoms with E-state index in [1.807, 2.05) is 30.2 Å². The first kappa shape index (κ1) is 14.1. The van der Waals surface area contributed by atoms with Gasteiger partial charge in [-0.15, -0.1) is 0 Å². The third kappa shape index (κ3) is 4.00. The molecule has 0 saturated carbocycles. The molecule has 0 aromatic rings. The lowest BCUT2D eigenvalue weighted by molar-refractivity contribution is 0.399. The van der Waals surface area contributed by atoms with Crippen LogP contribution in [0.15, 0.2) is 0 Å². The summed E-state index contributed by atoms with van der Waals surface area (Å²) in [7, 11) is 1.87. The fraction of sp³-hybridized carbons (Fsp3) is 1.00. The molecule has 0 spiro atoms. The van der Waals surface area contributed by atoms with E-state index in [4.69, 9.17) is 0 Å². The lowest BCUT2D eigenvalue weighted by Gasteiger charge is -2.31. The van der Waals surface area contributed by atoms with Gasteiger partial charge in [0.05, 0.1) is 0 Å². The van der Waals surface area contributed by atoms with E-state index in [1.54, 1.807) is 0 Å². The Morgan fingerprint density at radius 2 is 1.77 bits per heavy atom. The van der Waals surface area contributed by atoms with Gasteiger partial charge in [-0.05, 0) is 7.05 Å². The second-order valence-corrected chi connectivity index (χ2v) is 8.44. The van der Waals surface area contributed by atoms with Crippen LogP contribution in [0.5, 0.6) is 0 Å².